The van der Waals surface area contributed by atoms with Crippen LogP contribution in [0.3, 0.4) is 0 Å². The minimum atomic E-state index is -4.57. The van der Waals surface area contributed by atoms with Crippen LogP contribution in [0.25, 0.3) is 6.08 Å². The second-order valence-corrected chi connectivity index (χ2v) is 116. The molecule has 0 heterocycles. The molecule has 3 rings (SSSR count). The summed E-state index contributed by atoms with van der Waals surface area (Å²) in [5.41, 5.74) is 4.37. The summed E-state index contributed by atoms with van der Waals surface area (Å²) in [7, 11) is 0. The molecule has 0 N–H and O–H groups in total. The van der Waals surface area contributed by atoms with E-state index in [9.17, 15) is 0 Å². The molecule has 0 fully saturated rings. The fraction of sp³-hybridized carbons (Fsp3) is 0.368. The number of allylic oxidation sites excluding steroid dienone is 5. The molecule has 0 aromatic heterocycles. The molecule has 1 unspecified atom stereocenters. The largest absolute Gasteiger partial charge is 0.147 e. The molecule has 0 saturated carbocycles. The molecule has 2 aliphatic rings. The first-order valence-electron chi connectivity index (χ1n) is 8.44. The average Bonchev–Trinajstić information content (AvgIpc) is 2.93. The van der Waals surface area contributed by atoms with Gasteiger partial charge in [0.25, 0.3) is 0 Å². The molecule has 0 spiro atoms. The normalized spacial score (nSPS) is 25.5. The van der Waals surface area contributed by atoms with Crippen LogP contribution in [0.5, 0.6) is 0 Å². The zero-order valence-electron chi connectivity index (χ0n) is 15.6. The minimum absolute atomic E-state index is 0. The molecule has 5 heteroatoms. The topological polar surface area (TPSA) is 0 Å². The van der Waals surface area contributed by atoms with Crippen molar-refractivity contribution in [2.24, 2.45) is 0 Å². The van der Waals surface area contributed by atoms with Crippen molar-refractivity contribution in [2.45, 2.75) is 35.5 Å². The van der Waals surface area contributed by atoms with Gasteiger partial charge >= 0.3 is 129 Å². The van der Waals surface area contributed by atoms with Gasteiger partial charge in [0.05, 0.1) is 0 Å². The SMILES string of the molecule is CC1=CC[C]([Zr]([CH3])([CH3])([CH3])([CH3])(=[SiH2])(=[SiH2])[CH]2C=Cc3ccccc32)=C1.Cl.Cl. The molecule has 0 aliphatic heterocycles. The third kappa shape index (κ3) is 3.09. The predicted molar refractivity (Wildman–Crippen MR) is 120 cm³/mol. The monoisotopic (exact) mass is 476 g/mol. The van der Waals surface area contributed by atoms with E-state index in [1.807, 2.05) is 0 Å². The van der Waals surface area contributed by atoms with E-state index in [0.29, 0.717) is 3.63 Å². The van der Waals surface area contributed by atoms with Crippen molar-refractivity contribution < 1.29 is 11.6 Å². The van der Waals surface area contributed by atoms with Gasteiger partial charge in [0.2, 0.25) is 0 Å². The second-order valence-electron chi connectivity index (χ2n) is 13.4. The maximum absolute atomic E-state index is 4.57. The smallest absolute Gasteiger partial charge is 0.147 e. The zero-order valence-corrected chi connectivity index (χ0v) is 22.6. The van der Waals surface area contributed by atoms with Crippen LogP contribution in [0.1, 0.15) is 28.1 Å². The van der Waals surface area contributed by atoms with Gasteiger partial charge in [0.15, 0.2) is 0 Å². The Morgan fingerprint density at radius 3 is 2.12 bits per heavy atom. The second kappa shape index (κ2) is 4.25. The third-order valence-corrected chi connectivity index (χ3v) is 37.8. The molecule has 0 radical (unpaired) electrons. The van der Waals surface area contributed by atoms with Crippen LogP contribution in [0.15, 0.2) is 51.3 Å². The van der Waals surface area contributed by atoms with E-state index in [1.165, 1.54) is 16.7 Å². The van der Waals surface area contributed by atoms with Crippen LogP contribution in [0.4, 0.5) is 0 Å². The van der Waals surface area contributed by atoms with Crippen LogP contribution < -0.4 is 0 Å². The van der Waals surface area contributed by atoms with E-state index >= 15 is 0 Å². The van der Waals surface area contributed by atoms with Crippen molar-refractivity contribution >= 4 is 44.6 Å². The van der Waals surface area contributed by atoms with Gasteiger partial charge < -0.3 is 0 Å². The van der Waals surface area contributed by atoms with Gasteiger partial charge in [-0.2, -0.15) is 0 Å². The first kappa shape index (κ1) is 22.4. The first-order chi connectivity index (χ1) is 9.54. The maximum atomic E-state index is 2.66. The summed E-state index contributed by atoms with van der Waals surface area (Å²) in [6.45, 7) is 6.97. The van der Waals surface area contributed by atoms with Crippen molar-refractivity contribution in [1.29, 1.82) is 0 Å². The summed E-state index contributed by atoms with van der Waals surface area (Å²) in [5, 5.41) is 0. The van der Waals surface area contributed by atoms with Gasteiger partial charge in [-0.3, -0.25) is 0 Å². The molecular weight excluding hydrogens is 447 g/mol. The van der Waals surface area contributed by atoms with Crippen molar-refractivity contribution in [2.75, 3.05) is 0 Å². The van der Waals surface area contributed by atoms with Crippen molar-refractivity contribution in [3.63, 3.8) is 0 Å². The number of hydrogen-bond acceptors (Lipinski definition) is 0. The maximum Gasteiger partial charge on any atom is -0.147 e. The fourth-order valence-corrected chi connectivity index (χ4v) is 26.9. The molecule has 0 bridgehead atoms. The number of benzene rings is 1. The van der Waals surface area contributed by atoms with Gasteiger partial charge in [-0.25, -0.2) is 0 Å². The fourth-order valence-electron chi connectivity index (χ4n) is 4.65. The van der Waals surface area contributed by atoms with Crippen molar-refractivity contribution in [1.82, 2.24) is 0 Å². The first-order valence-corrected chi connectivity index (χ1v) is 32.8. The number of fused-ring (bicyclic) bond motifs is 1. The molecule has 0 amide bonds. The number of hydrogen-bond donors (Lipinski definition) is 0. The van der Waals surface area contributed by atoms with E-state index < -0.39 is 11.6 Å². The average molecular weight is 479 g/mol. The van der Waals surface area contributed by atoms with E-state index in [0.717, 1.165) is 6.42 Å². The Bertz CT molecular complexity index is 1070. The zero-order chi connectivity index (χ0) is 16.6. The molecule has 1 atom stereocenters. The van der Waals surface area contributed by atoms with E-state index in [4.69, 9.17) is 0 Å². The molecule has 1 aromatic rings. The van der Waals surface area contributed by atoms with Gasteiger partial charge in [0.1, 0.15) is 0 Å². The Labute approximate surface area is 153 Å². The molecule has 2 aliphatic carbocycles. The van der Waals surface area contributed by atoms with Crippen molar-refractivity contribution in [3.8, 4) is 0 Å². The van der Waals surface area contributed by atoms with E-state index in [2.05, 4.69) is 87.8 Å². The van der Waals surface area contributed by atoms with Crippen LogP contribution in [-0.4, -0.2) is 13.8 Å². The van der Waals surface area contributed by atoms with Crippen LogP contribution in [-0.2, 0) is 11.6 Å². The summed E-state index contributed by atoms with van der Waals surface area (Å²) in [4.78, 5) is 0. The molecule has 0 saturated heterocycles. The van der Waals surface area contributed by atoms with E-state index in [1.54, 1.807) is 3.28 Å². The Morgan fingerprint density at radius 2 is 1.58 bits per heavy atom. The summed E-state index contributed by atoms with van der Waals surface area (Å²) in [6, 6.07) is 8.97. The van der Waals surface area contributed by atoms with Gasteiger partial charge in [-0.1, -0.05) is 0 Å². The Kier molecular flexibility index (Phi) is 3.96. The number of rotatable bonds is 2. The minimum Gasteiger partial charge on any atom is -0.147 e. The summed E-state index contributed by atoms with van der Waals surface area (Å²) < 4.78 is 12.9. The molecular formula is C19H32Cl2Si2Zr. The van der Waals surface area contributed by atoms with Gasteiger partial charge in [0, 0.05) is 0 Å². The Morgan fingerprint density at radius 1 is 1.00 bits per heavy atom. The molecule has 134 valence electrons. The summed E-state index contributed by atoms with van der Waals surface area (Å²) in [5.74, 6) is 0. The van der Waals surface area contributed by atoms with Crippen LogP contribution in [0, 0.1) is 0 Å². The van der Waals surface area contributed by atoms with Crippen molar-refractivity contribution in [3.05, 3.63) is 62.5 Å². The third-order valence-electron chi connectivity index (χ3n) is 6.61. The predicted octanol–water partition coefficient (Wildman–Crippen LogP) is 5.42. The quantitative estimate of drug-likeness (QED) is 0.498. The van der Waals surface area contributed by atoms with Crippen LogP contribution >= 0.6 is 24.8 Å². The van der Waals surface area contributed by atoms with Gasteiger partial charge in [-0.05, 0) is 0 Å². The molecule has 0 nitrogen and oxygen atoms in total. The summed E-state index contributed by atoms with van der Waals surface area (Å²) in [6.07, 6.45) is 10.9. The van der Waals surface area contributed by atoms with Gasteiger partial charge in [-0.15, -0.1) is 24.8 Å². The standard InChI is InChI=1S/C9H7.C6H7.4CH3.2ClH.2H2Si.Zr/c1-2-5-9-7-3-6-8(9)4-1;1-6-4-2-3-5-6;;;;;;;;;/h1-7H;4-5H,2H2,1H3;4*1H3;2*1H;2*1H2;. The van der Waals surface area contributed by atoms with Crippen LogP contribution in [0.2, 0.25) is 18.5 Å². The summed E-state index contributed by atoms with van der Waals surface area (Å²) >= 11 is -4.57. The molecule has 24 heavy (non-hydrogen) atoms. The molecule has 1 aromatic carbocycles. The van der Waals surface area contributed by atoms with E-state index in [-0.39, 0.29) is 24.8 Å². The number of halogens is 2. The Balaban J connectivity index is 0.00000144. The Hall–Kier alpha value is 0.337.